The molecule has 0 fully saturated rings. The number of fused-ring (bicyclic) bond motifs is 1. The molecule has 0 aliphatic carbocycles. The predicted octanol–water partition coefficient (Wildman–Crippen LogP) is 2.42. The third-order valence-corrected chi connectivity index (χ3v) is 3.87. The minimum atomic E-state index is -0.617. The van der Waals surface area contributed by atoms with Gasteiger partial charge in [0.2, 0.25) is 0 Å². The van der Waals surface area contributed by atoms with Crippen LogP contribution < -0.4 is 11.3 Å². The summed E-state index contributed by atoms with van der Waals surface area (Å²) in [5.74, 6) is 4.26. The molecule has 3 N–H and O–H groups in total. The second-order valence-corrected chi connectivity index (χ2v) is 5.29. The summed E-state index contributed by atoms with van der Waals surface area (Å²) in [6, 6.07) is 3.01. The molecule has 0 radical (unpaired) electrons. The zero-order chi connectivity index (χ0) is 14.1. The Morgan fingerprint density at radius 2 is 2.25 bits per heavy atom. The van der Waals surface area contributed by atoms with Crippen molar-refractivity contribution >= 4 is 16.3 Å². The molecule has 2 aromatic heterocycles. The molecule has 3 rings (SSSR count). The van der Waals surface area contributed by atoms with Gasteiger partial charge in [0.05, 0.1) is 11.7 Å². The van der Waals surface area contributed by atoms with Crippen molar-refractivity contribution in [2.75, 3.05) is 0 Å². The topological polar surface area (TPSA) is 55.3 Å². The van der Waals surface area contributed by atoms with Crippen molar-refractivity contribution < 1.29 is 8.78 Å². The highest BCUT2D eigenvalue weighted by Gasteiger charge is 2.17. The van der Waals surface area contributed by atoms with E-state index in [-0.39, 0.29) is 0 Å². The highest BCUT2D eigenvalue weighted by Crippen LogP contribution is 2.22. The summed E-state index contributed by atoms with van der Waals surface area (Å²) in [7, 11) is 0. The first-order chi connectivity index (χ1) is 9.67. The second kappa shape index (κ2) is 5.28. The first-order valence-corrected chi connectivity index (χ1v) is 6.87. The zero-order valence-electron chi connectivity index (χ0n) is 10.4. The van der Waals surface area contributed by atoms with Gasteiger partial charge in [0, 0.05) is 35.8 Å². The molecule has 0 spiro atoms. The van der Waals surface area contributed by atoms with Gasteiger partial charge in [-0.1, -0.05) is 6.07 Å². The van der Waals surface area contributed by atoms with Gasteiger partial charge in [-0.2, -0.15) is 0 Å². The Balaban J connectivity index is 1.88. The Labute approximate surface area is 117 Å². The van der Waals surface area contributed by atoms with Gasteiger partial charge < -0.3 is 0 Å². The van der Waals surface area contributed by atoms with Gasteiger partial charge in [-0.25, -0.2) is 13.8 Å². The number of hydrazine groups is 1. The fourth-order valence-corrected chi connectivity index (χ4v) is 2.85. The quantitative estimate of drug-likeness (QED) is 0.574. The summed E-state index contributed by atoms with van der Waals surface area (Å²) in [5, 5.41) is 1.93. The van der Waals surface area contributed by atoms with Crippen LogP contribution in [0.2, 0.25) is 0 Å². The van der Waals surface area contributed by atoms with Crippen molar-refractivity contribution in [2.45, 2.75) is 12.5 Å². The minimum absolute atomic E-state index is 0.324. The van der Waals surface area contributed by atoms with Gasteiger partial charge >= 0.3 is 0 Å². The average Bonchev–Trinajstić information content (AvgIpc) is 2.97. The molecular weight excluding hydrogens is 282 g/mol. The van der Waals surface area contributed by atoms with Crippen molar-refractivity contribution in [3.63, 3.8) is 0 Å². The summed E-state index contributed by atoms with van der Waals surface area (Å²) in [6.45, 7) is 0. The third kappa shape index (κ3) is 2.43. The average molecular weight is 294 g/mol. The van der Waals surface area contributed by atoms with Crippen molar-refractivity contribution in [2.24, 2.45) is 5.84 Å². The SMILES string of the molecule is NNC(Cc1cn2ccsc2n1)c1ccc(F)cc1F. The number of nitrogens with one attached hydrogen (secondary N) is 1. The molecule has 0 bridgehead atoms. The van der Waals surface area contributed by atoms with E-state index >= 15 is 0 Å². The van der Waals surface area contributed by atoms with Crippen molar-refractivity contribution in [3.05, 3.63) is 58.9 Å². The maximum atomic E-state index is 13.8. The molecule has 1 unspecified atom stereocenters. The van der Waals surface area contributed by atoms with Gasteiger partial charge in [0.25, 0.3) is 0 Å². The Bertz CT molecular complexity index is 708. The van der Waals surface area contributed by atoms with E-state index in [1.165, 1.54) is 23.5 Å². The zero-order valence-corrected chi connectivity index (χ0v) is 11.2. The highest BCUT2D eigenvalue weighted by atomic mass is 32.1. The monoisotopic (exact) mass is 294 g/mol. The van der Waals surface area contributed by atoms with E-state index in [0.717, 1.165) is 16.7 Å². The molecular formula is C13H12F2N4S. The van der Waals surface area contributed by atoms with Crippen LogP contribution in [0.3, 0.4) is 0 Å². The number of benzene rings is 1. The Kier molecular flexibility index (Phi) is 3.47. The largest absolute Gasteiger partial charge is 0.297 e. The van der Waals surface area contributed by atoms with E-state index in [1.807, 2.05) is 22.2 Å². The number of hydrogen-bond acceptors (Lipinski definition) is 4. The number of imidazole rings is 1. The molecule has 0 saturated carbocycles. The lowest BCUT2D eigenvalue weighted by Gasteiger charge is -2.15. The van der Waals surface area contributed by atoms with Crippen LogP contribution in [0, 0.1) is 11.6 Å². The van der Waals surface area contributed by atoms with Gasteiger partial charge in [-0.05, 0) is 6.07 Å². The Morgan fingerprint density at radius 3 is 2.95 bits per heavy atom. The first kappa shape index (κ1) is 13.2. The standard InChI is InChI=1S/C13H12F2N4S/c14-8-1-2-10(11(15)5-8)12(18-16)6-9-7-19-3-4-20-13(19)17-9/h1-5,7,12,18H,6,16H2. The number of nitrogens with zero attached hydrogens (tertiary/aromatic N) is 2. The molecule has 1 aromatic carbocycles. The number of thiazole rings is 1. The smallest absolute Gasteiger partial charge is 0.193 e. The first-order valence-electron chi connectivity index (χ1n) is 5.99. The number of halogens is 2. The minimum Gasteiger partial charge on any atom is -0.297 e. The second-order valence-electron chi connectivity index (χ2n) is 4.41. The molecule has 4 nitrogen and oxygen atoms in total. The lowest BCUT2D eigenvalue weighted by molar-refractivity contribution is 0.500. The molecule has 2 heterocycles. The molecule has 7 heteroatoms. The maximum Gasteiger partial charge on any atom is 0.193 e. The molecule has 0 aliphatic heterocycles. The van der Waals surface area contributed by atoms with Crippen molar-refractivity contribution in [1.82, 2.24) is 14.8 Å². The summed E-state index contributed by atoms with van der Waals surface area (Å²) in [6.07, 6.45) is 4.20. The Morgan fingerprint density at radius 1 is 1.40 bits per heavy atom. The maximum absolute atomic E-state index is 13.8. The van der Waals surface area contributed by atoms with E-state index in [1.54, 1.807) is 0 Å². The van der Waals surface area contributed by atoms with E-state index in [0.29, 0.717) is 12.0 Å². The molecule has 0 aliphatic rings. The van der Waals surface area contributed by atoms with Crippen LogP contribution in [-0.4, -0.2) is 9.38 Å². The highest BCUT2D eigenvalue weighted by molar-refractivity contribution is 7.15. The number of aromatic nitrogens is 2. The predicted molar refractivity (Wildman–Crippen MR) is 73.2 cm³/mol. The molecule has 1 atom stereocenters. The van der Waals surface area contributed by atoms with E-state index in [4.69, 9.17) is 5.84 Å². The van der Waals surface area contributed by atoms with Crippen LogP contribution >= 0.6 is 11.3 Å². The van der Waals surface area contributed by atoms with E-state index in [2.05, 4.69) is 10.4 Å². The van der Waals surface area contributed by atoms with Crippen LogP contribution in [0.5, 0.6) is 0 Å². The number of rotatable bonds is 4. The summed E-state index contributed by atoms with van der Waals surface area (Å²) < 4.78 is 28.6. The molecule has 20 heavy (non-hydrogen) atoms. The lowest BCUT2D eigenvalue weighted by Crippen LogP contribution is -2.30. The van der Waals surface area contributed by atoms with E-state index in [9.17, 15) is 8.78 Å². The van der Waals surface area contributed by atoms with Crippen LogP contribution in [0.1, 0.15) is 17.3 Å². The van der Waals surface area contributed by atoms with Crippen LogP contribution in [0.15, 0.2) is 36.0 Å². The number of hydrogen-bond donors (Lipinski definition) is 2. The fraction of sp³-hybridized carbons (Fsp3) is 0.154. The normalized spacial score (nSPS) is 12.9. The summed E-state index contributed by atoms with van der Waals surface area (Å²) in [4.78, 5) is 5.29. The van der Waals surface area contributed by atoms with Gasteiger partial charge in [-0.3, -0.25) is 15.7 Å². The van der Waals surface area contributed by atoms with Crippen molar-refractivity contribution in [1.29, 1.82) is 0 Å². The molecule has 104 valence electrons. The van der Waals surface area contributed by atoms with Crippen molar-refractivity contribution in [3.8, 4) is 0 Å². The van der Waals surface area contributed by atoms with Gasteiger partial charge in [0.15, 0.2) is 4.96 Å². The molecule has 0 amide bonds. The fourth-order valence-electron chi connectivity index (χ4n) is 2.13. The molecule has 3 aromatic rings. The number of nitrogens with two attached hydrogens (primary N) is 1. The van der Waals surface area contributed by atoms with Crippen LogP contribution in [0.4, 0.5) is 8.78 Å². The third-order valence-electron chi connectivity index (χ3n) is 3.10. The lowest BCUT2D eigenvalue weighted by atomic mass is 10.0. The van der Waals surface area contributed by atoms with Gasteiger partial charge in [0.1, 0.15) is 11.6 Å². The van der Waals surface area contributed by atoms with E-state index < -0.39 is 17.7 Å². The summed E-state index contributed by atoms with van der Waals surface area (Å²) in [5.41, 5.74) is 3.67. The van der Waals surface area contributed by atoms with Crippen LogP contribution in [0.25, 0.3) is 4.96 Å². The molecule has 0 saturated heterocycles. The van der Waals surface area contributed by atoms with Crippen LogP contribution in [-0.2, 0) is 6.42 Å². The summed E-state index contributed by atoms with van der Waals surface area (Å²) >= 11 is 1.52. The van der Waals surface area contributed by atoms with Gasteiger partial charge in [-0.15, -0.1) is 11.3 Å². The Hall–Kier alpha value is -1.83.